The Hall–Kier alpha value is -2.13. The van der Waals surface area contributed by atoms with Gasteiger partial charge in [-0.15, -0.1) is 0 Å². The molecule has 0 saturated heterocycles. The summed E-state index contributed by atoms with van der Waals surface area (Å²) in [5.41, 5.74) is 3.70. The van der Waals surface area contributed by atoms with Crippen LogP contribution in [0.15, 0.2) is 66.4 Å². The second kappa shape index (κ2) is 6.32. The first-order chi connectivity index (χ1) is 10.6. The molecule has 0 aromatic heterocycles. The minimum atomic E-state index is -0.189. The van der Waals surface area contributed by atoms with Gasteiger partial charge >= 0.3 is 0 Å². The van der Waals surface area contributed by atoms with Gasteiger partial charge in [0.1, 0.15) is 5.82 Å². The highest BCUT2D eigenvalue weighted by Crippen LogP contribution is 2.32. The van der Waals surface area contributed by atoms with Crippen molar-refractivity contribution < 1.29 is 4.39 Å². The third kappa shape index (κ3) is 3.04. The normalized spacial score (nSPS) is 18.6. The summed E-state index contributed by atoms with van der Waals surface area (Å²) in [7, 11) is 2.09. The summed E-state index contributed by atoms with van der Waals surface area (Å²) in [4.78, 5) is 0. The van der Waals surface area contributed by atoms with Crippen LogP contribution in [0.2, 0.25) is 0 Å². The summed E-state index contributed by atoms with van der Waals surface area (Å²) >= 11 is 0. The smallest absolute Gasteiger partial charge is 0.123 e. The van der Waals surface area contributed by atoms with Crippen molar-refractivity contribution in [3.05, 3.63) is 83.3 Å². The van der Waals surface area contributed by atoms with E-state index in [1.165, 1.54) is 23.4 Å². The van der Waals surface area contributed by atoms with E-state index in [4.69, 9.17) is 0 Å². The molecule has 114 valence electrons. The average molecular weight is 296 g/mol. The van der Waals surface area contributed by atoms with E-state index in [2.05, 4.69) is 54.3 Å². The van der Waals surface area contributed by atoms with Crippen LogP contribution >= 0.6 is 0 Å². The lowest BCUT2D eigenvalue weighted by molar-refractivity contribution is 0.0358. The fourth-order valence-electron chi connectivity index (χ4n) is 3.01. The number of halogens is 1. The van der Waals surface area contributed by atoms with Crippen molar-refractivity contribution in [3.8, 4) is 0 Å². The second-order valence-corrected chi connectivity index (χ2v) is 5.74. The Morgan fingerprint density at radius 3 is 2.36 bits per heavy atom. The summed E-state index contributed by atoms with van der Waals surface area (Å²) in [5.74, 6) is -0.189. The molecule has 0 N–H and O–H groups in total. The number of likely N-dealkylation sites (N-methyl/N-ethyl adjacent to an activating group) is 1. The third-order valence-electron chi connectivity index (χ3n) is 4.26. The van der Waals surface area contributed by atoms with Gasteiger partial charge < -0.3 is 5.01 Å². The van der Waals surface area contributed by atoms with Gasteiger partial charge in [-0.3, -0.25) is 0 Å². The van der Waals surface area contributed by atoms with Crippen molar-refractivity contribution in [1.29, 1.82) is 0 Å². The van der Waals surface area contributed by atoms with E-state index in [-0.39, 0.29) is 11.9 Å². The molecule has 0 radical (unpaired) electrons. The van der Waals surface area contributed by atoms with Gasteiger partial charge in [-0.25, -0.2) is 9.40 Å². The highest BCUT2D eigenvalue weighted by molar-refractivity contribution is 5.27. The Morgan fingerprint density at radius 2 is 1.68 bits per heavy atom. The van der Waals surface area contributed by atoms with Crippen LogP contribution in [0, 0.1) is 5.82 Å². The van der Waals surface area contributed by atoms with E-state index in [0.29, 0.717) is 0 Å². The lowest BCUT2D eigenvalue weighted by atomic mass is 10.1. The molecule has 0 amide bonds. The molecule has 0 fully saturated rings. The lowest BCUT2D eigenvalue weighted by Crippen LogP contribution is -2.36. The quantitative estimate of drug-likeness (QED) is 0.835. The summed E-state index contributed by atoms with van der Waals surface area (Å²) in [6.45, 7) is 3.07. The first-order valence-corrected chi connectivity index (χ1v) is 7.63. The molecule has 2 nitrogen and oxygen atoms in total. The van der Waals surface area contributed by atoms with Crippen molar-refractivity contribution in [2.24, 2.45) is 0 Å². The van der Waals surface area contributed by atoms with E-state index >= 15 is 0 Å². The Morgan fingerprint density at radius 1 is 1.00 bits per heavy atom. The maximum atomic E-state index is 13.1. The zero-order chi connectivity index (χ0) is 15.5. The molecular formula is C19H21FN2. The van der Waals surface area contributed by atoms with Crippen LogP contribution in [0.25, 0.3) is 0 Å². The highest BCUT2D eigenvalue weighted by atomic mass is 19.1. The fraction of sp³-hybridized carbons (Fsp3) is 0.263. The van der Waals surface area contributed by atoms with Crippen LogP contribution in [0.1, 0.15) is 24.1 Å². The molecule has 22 heavy (non-hydrogen) atoms. The molecule has 0 bridgehead atoms. The number of hydrazine groups is 1. The molecule has 3 heteroatoms. The number of allylic oxidation sites excluding steroid dienone is 1. The number of rotatable bonds is 4. The largest absolute Gasteiger partial charge is 0.310 e. The second-order valence-electron chi connectivity index (χ2n) is 5.74. The van der Waals surface area contributed by atoms with E-state index < -0.39 is 0 Å². The topological polar surface area (TPSA) is 6.48 Å². The average Bonchev–Trinajstić information content (AvgIpc) is 2.82. The zero-order valence-electron chi connectivity index (χ0n) is 13.0. The molecular weight excluding hydrogens is 275 g/mol. The lowest BCUT2D eigenvalue weighted by Gasteiger charge is -2.32. The van der Waals surface area contributed by atoms with Crippen molar-refractivity contribution in [1.82, 2.24) is 10.0 Å². The summed E-state index contributed by atoms with van der Waals surface area (Å²) < 4.78 is 13.1. The van der Waals surface area contributed by atoms with Crippen LogP contribution in [0.5, 0.6) is 0 Å². The van der Waals surface area contributed by atoms with Crippen LogP contribution in [-0.2, 0) is 6.42 Å². The highest BCUT2D eigenvalue weighted by Gasteiger charge is 2.27. The number of benzene rings is 2. The van der Waals surface area contributed by atoms with Gasteiger partial charge in [0.05, 0.1) is 6.04 Å². The van der Waals surface area contributed by atoms with Gasteiger partial charge in [-0.2, -0.15) is 0 Å². The van der Waals surface area contributed by atoms with E-state index in [9.17, 15) is 4.39 Å². The van der Waals surface area contributed by atoms with Crippen LogP contribution in [0.4, 0.5) is 4.39 Å². The molecule has 2 aromatic rings. The molecule has 0 aliphatic carbocycles. The molecule has 1 heterocycles. The maximum absolute atomic E-state index is 13.1. The fourth-order valence-corrected chi connectivity index (χ4v) is 3.01. The predicted molar refractivity (Wildman–Crippen MR) is 87.5 cm³/mol. The van der Waals surface area contributed by atoms with E-state index in [1.807, 2.05) is 18.2 Å². The van der Waals surface area contributed by atoms with Gasteiger partial charge in [0.2, 0.25) is 0 Å². The number of hydrogen-bond donors (Lipinski definition) is 0. The predicted octanol–water partition coefficient (Wildman–Crippen LogP) is 4.18. The minimum absolute atomic E-state index is 0.177. The van der Waals surface area contributed by atoms with Crippen molar-refractivity contribution >= 4 is 0 Å². The van der Waals surface area contributed by atoms with Crippen molar-refractivity contribution in [2.45, 2.75) is 19.4 Å². The minimum Gasteiger partial charge on any atom is -0.310 e. The molecule has 1 aliphatic rings. The monoisotopic (exact) mass is 296 g/mol. The Labute approximate surface area is 131 Å². The number of hydrogen-bond acceptors (Lipinski definition) is 2. The Bertz CT molecular complexity index is 649. The van der Waals surface area contributed by atoms with E-state index in [1.54, 1.807) is 0 Å². The van der Waals surface area contributed by atoms with Gasteiger partial charge in [0.25, 0.3) is 0 Å². The van der Waals surface area contributed by atoms with Crippen molar-refractivity contribution in [2.75, 3.05) is 13.6 Å². The van der Waals surface area contributed by atoms with Gasteiger partial charge in [-0.05, 0) is 42.7 Å². The molecule has 2 aromatic carbocycles. The molecule has 1 aliphatic heterocycles. The summed E-state index contributed by atoms with van der Waals surface area (Å²) in [5, 5.41) is 4.52. The SMILES string of the molecule is CC1=CC(c2ccc(F)cc2)N(C)N1CCc1ccccc1. The summed E-state index contributed by atoms with van der Waals surface area (Å²) in [6, 6.07) is 17.5. The zero-order valence-corrected chi connectivity index (χ0v) is 13.0. The molecule has 0 saturated carbocycles. The van der Waals surface area contributed by atoms with Gasteiger partial charge in [0, 0.05) is 19.3 Å². The third-order valence-corrected chi connectivity index (χ3v) is 4.26. The van der Waals surface area contributed by atoms with E-state index in [0.717, 1.165) is 18.5 Å². The molecule has 1 unspecified atom stereocenters. The van der Waals surface area contributed by atoms with Crippen LogP contribution in [0.3, 0.4) is 0 Å². The molecule has 3 rings (SSSR count). The standard InChI is InChI=1S/C19H21FN2/c1-15-14-19(17-8-10-18(20)11-9-17)21(2)22(15)13-12-16-6-4-3-5-7-16/h3-11,14,19H,12-13H2,1-2H3. The first kappa shape index (κ1) is 14.8. The summed E-state index contributed by atoms with van der Waals surface area (Å²) in [6.07, 6.45) is 3.24. The maximum Gasteiger partial charge on any atom is 0.123 e. The van der Waals surface area contributed by atoms with Gasteiger partial charge in [-0.1, -0.05) is 42.5 Å². The van der Waals surface area contributed by atoms with Crippen LogP contribution in [-0.4, -0.2) is 23.6 Å². The molecule has 0 spiro atoms. The number of nitrogens with zero attached hydrogens (tertiary/aromatic N) is 2. The first-order valence-electron chi connectivity index (χ1n) is 7.63. The Kier molecular flexibility index (Phi) is 4.25. The Balaban J connectivity index is 1.70. The van der Waals surface area contributed by atoms with Gasteiger partial charge in [0.15, 0.2) is 0 Å². The van der Waals surface area contributed by atoms with Crippen LogP contribution < -0.4 is 0 Å². The molecule has 1 atom stereocenters. The van der Waals surface area contributed by atoms with Crippen molar-refractivity contribution in [3.63, 3.8) is 0 Å².